The lowest BCUT2D eigenvalue weighted by atomic mass is 9.73. The lowest BCUT2D eigenvalue weighted by Crippen LogP contribution is -2.46. The monoisotopic (exact) mass is 610 g/mol. The standard InChI is InChI=1S/C45H42N2/c1-45(47(40-20-6-3-7-21-40)44-25-13-17-37-15-9-11-23-42(37)44)32-30-35(31-33-45)34-26-28-39(29-27-34)46(38-18-4-2-5-19-38)43-24-12-16-36-14-8-10-22-41(36)43/h2-11,13-15,17-29,35H,12,16,30-33H2,1H3. The van der Waals surface area contributed by atoms with Crippen LogP contribution >= 0.6 is 0 Å². The van der Waals surface area contributed by atoms with Gasteiger partial charge in [-0.25, -0.2) is 0 Å². The Hall–Kier alpha value is -5.08. The Kier molecular flexibility index (Phi) is 7.87. The molecule has 2 nitrogen and oxygen atoms in total. The number of nitrogens with zero attached hydrogens (tertiary/aromatic N) is 2. The molecule has 0 aliphatic heterocycles. The van der Waals surface area contributed by atoms with E-state index in [0.717, 1.165) is 25.7 Å². The summed E-state index contributed by atoms with van der Waals surface area (Å²) in [5, 5.41) is 2.61. The molecule has 0 N–H and O–H groups in total. The lowest BCUT2D eigenvalue weighted by molar-refractivity contribution is 0.292. The lowest BCUT2D eigenvalue weighted by Gasteiger charge is -2.47. The molecule has 0 bridgehead atoms. The number of aryl methyl sites for hydroxylation is 1. The summed E-state index contributed by atoms with van der Waals surface area (Å²) in [6.07, 6.45) is 9.20. The van der Waals surface area contributed by atoms with Crippen LogP contribution in [-0.2, 0) is 6.42 Å². The van der Waals surface area contributed by atoms with Crippen molar-refractivity contribution in [2.24, 2.45) is 0 Å². The van der Waals surface area contributed by atoms with Crippen LogP contribution in [0.1, 0.15) is 61.6 Å². The smallest absolute Gasteiger partial charge is 0.0497 e. The Bertz CT molecular complexity index is 2000. The van der Waals surface area contributed by atoms with E-state index < -0.39 is 0 Å². The minimum atomic E-state index is 0.0207. The zero-order chi connectivity index (χ0) is 31.6. The van der Waals surface area contributed by atoms with E-state index in [9.17, 15) is 0 Å². The molecule has 0 aromatic heterocycles. The van der Waals surface area contributed by atoms with Crippen molar-refractivity contribution in [3.63, 3.8) is 0 Å². The molecule has 0 atom stereocenters. The first kappa shape index (κ1) is 29.3. The normalized spacial score (nSPS) is 19.1. The topological polar surface area (TPSA) is 6.48 Å². The summed E-state index contributed by atoms with van der Waals surface area (Å²) in [5.41, 5.74) is 10.5. The van der Waals surface area contributed by atoms with Gasteiger partial charge in [0.05, 0.1) is 0 Å². The van der Waals surface area contributed by atoms with E-state index in [0.29, 0.717) is 5.92 Å². The van der Waals surface area contributed by atoms with Gasteiger partial charge in [0.2, 0.25) is 0 Å². The Labute approximate surface area is 279 Å². The highest BCUT2D eigenvalue weighted by molar-refractivity contribution is 5.96. The van der Waals surface area contributed by atoms with Gasteiger partial charge >= 0.3 is 0 Å². The van der Waals surface area contributed by atoms with Crippen LogP contribution in [0.25, 0.3) is 16.5 Å². The Morgan fingerprint density at radius 2 is 1.19 bits per heavy atom. The van der Waals surface area contributed by atoms with Crippen molar-refractivity contribution in [3.8, 4) is 0 Å². The second kappa shape index (κ2) is 12.6. The molecular formula is C45H42N2. The van der Waals surface area contributed by atoms with Crippen molar-refractivity contribution in [1.29, 1.82) is 0 Å². The maximum absolute atomic E-state index is 2.64. The van der Waals surface area contributed by atoms with Gasteiger partial charge in [0.15, 0.2) is 0 Å². The summed E-state index contributed by atoms with van der Waals surface area (Å²) < 4.78 is 0. The van der Waals surface area contributed by atoms with Crippen molar-refractivity contribution < 1.29 is 0 Å². The van der Waals surface area contributed by atoms with Crippen LogP contribution < -0.4 is 9.80 Å². The molecule has 0 unspecified atom stereocenters. The van der Waals surface area contributed by atoms with Crippen molar-refractivity contribution in [1.82, 2.24) is 0 Å². The summed E-state index contributed by atoms with van der Waals surface area (Å²) in [4.78, 5) is 5.09. The van der Waals surface area contributed by atoms with E-state index >= 15 is 0 Å². The van der Waals surface area contributed by atoms with Crippen LogP contribution in [0.5, 0.6) is 0 Å². The molecule has 6 aromatic rings. The number of hydrogen-bond acceptors (Lipinski definition) is 2. The highest BCUT2D eigenvalue weighted by atomic mass is 15.2. The predicted molar refractivity (Wildman–Crippen MR) is 200 cm³/mol. The maximum Gasteiger partial charge on any atom is 0.0497 e. The Morgan fingerprint density at radius 3 is 1.96 bits per heavy atom. The van der Waals surface area contributed by atoms with Gasteiger partial charge in [0.1, 0.15) is 0 Å². The van der Waals surface area contributed by atoms with Gasteiger partial charge in [0.25, 0.3) is 0 Å². The van der Waals surface area contributed by atoms with Crippen LogP contribution in [0.2, 0.25) is 0 Å². The summed E-state index contributed by atoms with van der Waals surface area (Å²) in [5.74, 6) is 0.557. The molecule has 0 saturated heterocycles. The average Bonchev–Trinajstić information content (AvgIpc) is 3.14. The molecule has 2 heteroatoms. The van der Waals surface area contributed by atoms with E-state index in [4.69, 9.17) is 0 Å². The van der Waals surface area contributed by atoms with Crippen molar-refractivity contribution in [2.75, 3.05) is 9.80 Å². The SMILES string of the molecule is CC1(N(c2ccccc2)c2cccc3ccccc23)CCC(c2ccc(N(C3=CCCc4ccccc43)c3ccccc3)cc2)CC1. The number of allylic oxidation sites excluding steroid dienone is 1. The zero-order valence-electron chi connectivity index (χ0n) is 27.2. The molecule has 6 aromatic carbocycles. The quantitative estimate of drug-likeness (QED) is 0.177. The molecule has 2 aliphatic rings. The molecule has 2 aliphatic carbocycles. The van der Waals surface area contributed by atoms with Crippen LogP contribution in [0.15, 0.2) is 158 Å². The first-order valence-electron chi connectivity index (χ1n) is 17.2. The van der Waals surface area contributed by atoms with Gasteiger partial charge in [-0.2, -0.15) is 0 Å². The summed E-state index contributed by atoms with van der Waals surface area (Å²) in [6.45, 7) is 2.48. The van der Waals surface area contributed by atoms with Gasteiger partial charge in [-0.3, -0.25) is 0 Å². The fourth-order valence-corrected chi connectivity index (χ4v) is 8.09. The van der Waals surface area contributed by atoms with E-state index in [1.54, 1.807) is 0 Å². The van der Waals surface area contributed by atoms with E-state index in [-0.39, 0.29) is 5.54 Å². The molecule has 0 radical (unpaired) electrons. The van der Waals surface area contributed by atoms with Crippen molar-refractivity contribution in [2.45, 2.75) is 56.9 Å². The van der Waals surface area contributed by atoms with Crippen LogP contribution in [0, 0.1) is 0 Å². The molecule has 1 saturated carbocycles. The molecular weight excluding hydrogens is 569 g/mol. The fraction of sp³-hybridized carbons (Fsp3) is 0.200. The highest BCUT2D eigenvalue weighted by Crippen LogP contribution is 2.48. The summed E-state index contributed by atoms with van der Waals surface area (Å²) >= 11 is 0. The number of rotatable bonds is 7. The molecule has 0 spiro atoms. The molecule has 0 amide bonds. The van der Waals surface area contributed by atoms with Gasteiger partial charge in [-0.05, 0) is 110 Å². The number of para-hydroxylation sites is 2. The third-order valence-corrected chi connectivity index (χ3v) is 10.5. The summed E-state index contributed by atoms with van der Waals surface area (Å²) in [7, 11) is 0. The zero-order valence-corrected chi connectivity index (χ0v) is 27.2. The first-order chi connectivity index (χ1) is 23.2. The van der Waals surface area contributed by atoms with Gasteiger partial charge in [0, 0.05) is 44.9 Å². The maximum atomic E-state index is 2.64. The largest absolute Gasteiger partial charge is 0.335 e. The van der Waals surface area contributed by atoms with E-state index in [1.807, 2.05) is 0 Å². The number of fused-ring (bicyclic) bond motifs is 2. The minimum Gasteiger partial charge on any atom is -0.335 e. The number of benzene rings is 6. The summed E-state index contributed by atoms with van der Waals surface area (Å²) in [6, 6.07) is 55.8. The fourth-order valence-electron chi connectivity index (χ4n) is 8.09. The van der Waals surface area contributed by atoms with Crippen molar-refractivity contribution >= 4 is 39.2 Å². The molecule has 0 heterocycles. The number of hydrogen-bond donors (Lipinski definition) is 0. The Balaban J connectivity index is 1.07. The second-order valence-electron chi connectivity index (χ2n) is 13.5. The molecule has 8 rings (SSSR count). The average molecular weight is 611 g/mol. The predicted octanol–water partition coefficient (Wildman–Crippen LogP) is 12.2. The first-order valence-corrected chi connectivity index (χ1v) is 17.2. The third kappa shape index (κ3) is 5.63. The van der Waals surface area contributed by atoms with Crippen molar-refractivity contribution in [3.05, 3.63) is 174 Å². The molecule has 47 heavy (non-hydrogen) atoms. The van der Waals surface area contributed by atoms with Gasteiger partial charge in [-0.1, -0.05) is 115 Å². The van der Waals surface area contributed by atoms with Gasteiger partial charge in [-0.15, -0.1) is 0 Å². The van der Waals surface area contributed by atoms with Crippen LogP contribution in [0.3, 0.4) is 0 Å². The third-order valence-electron chi connectivity index (χ3n) is 10.5. The van der Waals surface area contributed by atoms with E-state index in [1.165, 1.54) is 68.8 Å². The second-order valence-corrected chi connectivity index (χ2v) is 13.5. The number of anilines is 4. The van der Waals surface area contributed by atoms with E-state index in [2.05, 4.69) is 174 Å². The minimum absolute atomic E-state index is 0.0207. The molecule has 232 valence electrons. The highest BCUT2D eigenvalue weighted by Gasteiger charge is 2.38. The van der Waals surface area contributed by atoms with Crippen LogP contribution in [-0.4, -0.2) is 5.54 Å². The molecule has 1 fully saturated rings. The van der Waals surface area contributed by atoms with Crippen LogP contribution in [0.4, 0.5) is 22.7 Å². The van der Waals surface area contributed by atoms with Gasteiger partial charge < -0.3 is 9.80 Å². The Morgan fingerprint density at radius 1 is 0.574 bits per heavy atom.